The first kappa shape index (κ1) is 18.8. The molecule has 4 rings (SSSR count). The molecule has 0 unspecified atom stereocenters. The Morgan fingerprint density at radius 1 is 1.07 bits per heavy atom. The van der Waals surface area contributed by atoms with Crippen LogP contribution in [0.25, 0.3) is 21.0 Å². The van der Waals surface area contributed by atoms with Crippen LogP contribution in [0.1, 0.15) is 24.5 Å². The van der Waals surface area contributed by atoms with Crippen LogP contribution in [-0.4, -0.2) is 34.0 Å². The highest BCUT2D eigenvalue weighted by molar-refractivity contribution is 7.18. The largest absolute Gasteiger partial charge is 0.481 e. The van der Waals surface area contributed by atoms with Gasteiger partial charge in [-0.15, -0.1) is 11.3 Å². The molecular formula is C23H24N2O2S. The fourth-order valence-electron chi connectivity index (χ4n) is 3.53. The molecule has 0 atom stereocenters. The molecule has 3 aromatic rings. The van der Waals surface area contributed by atoms with Crippen LogP contribution in [0.4, 0.5) is 0 Å². The molecule has 0 spiro atoms. The second-order valence-electron chi connectivity index (χ2n) is 7.40. The summed E-state index contributed by atoms with van der Waals surface area (Å²) in [5, 5.41) is 9.99. The molecule has 1 N–H and O–H groups in total. The van der Waals surface area contributed by atoms with Gasteiger partial charge in [0.1, 0.15) is 5.01 Å². The third-order valence-corrected chi connectivity index (χ3v) is 6.29. The van der Waals surface area contributed by atoms with Gasteiger partial charge in [-0.1, -0.05) is 61.9 Å². The number of carboxylic acids is 1. The van der Waals surface area contributed by atoms with Crippen molar-refractivity contribution in [1.82, 2.24) is 9.88 Å². The van der Waals surface area contributed by atoms with E-state index in [0.717, 1.165) is 30.0 Å². The highest BCUT2D eigenvalue weighted by Gasteiger charge is 2.32. The van der Waals surface area contributed by atoms with E-state index in [1.165, 1.54) is 21.6 Å². The van der Waals surface area contributed by atoms with Crippen LogP contribution < -0.4 is 0 Å². The van der Waals surface area contributed by atoms with Gasteiger partial charge in [0.15, 0.2) is 0 Å². The van der Waals surface area contributed by atoms with Crippen molar-refractivity contribution in [3.8, 4) is 21.0 Å². The lowest BCUT2D eigenvalue weighted by molar-refractivity contribution is -0.147. The van der Waals surface area contributed by atoms with Gasteiger partial charge < -0.3 is 5.11 Å². The van der Waals surface area contributed by atoms with E-state index in [1.54, 1.807) is 11.3 Å². The van der Waals surface area contributed by atoms with Crippen LogP contribution in [0.3, 0.4) is 0 Å². The quantitative estimate of drug-likeness (QED) is 0.618. The van der Waals surface area contributed by atoms with Gasteiger partial charge in [-0.3, -0.25) is 9.69 Å². The topological polar surface area (TPSA) is 53.4 Å². The summed E-state index contributed by atoms with van der Waals surface area (Å²) in [5.41, 5.74) is 4.92. The van der Waals surface area contributed by atoms with E-state index in [1.807, 2.05) is 6.20 Å². The third kappa shape index (κ3) is 4.16. The molecule has 2 aromatic carbocycles. The fourth-order valence-corrected chi connectivity index (χ4v) is 4.46. The van der Waals surface area contributed by atoms with Gasteiger partial charge >= 0.3 is 5.97 Å². The Morgan fingerprint density at radius 2 is 1.71 bits per heavy atom. The Morgan fingerprint density at radius 3 is 2.36 bits per heavy atom. The predicted molar refractivity (Wildman–Crippen MR) is 113 cm³/mol. The van der Waals surface area contributed by atoms with Gasteiger partial charge in [0.05, 0.1) is 10.8 Å². The molecule has 0 amide bonds. The molecule has 0 bridgehead atoms. The van der Waals surface area contributed by atoms with Crippen molar-refractivity contribution >= 4 is 17.3 Å². The second-order valence-corrected chi connectivity index (χ2v) is 8.43. The Bertz CT molecular complexity index is 941. The summed E-state index contributed by atoms with van der Waals surface area (Å²) in [6.07, 6.45) is 4.24. The number of thiazole rings is 1. The molecule has 2 heterocycles. The van der Waals surface area contributed by atoms with Crippen molar-refractivity contribution in [1.29, 1.82) is 0 Å². The average molecular weight is 393 g/mol. The third-order valence-electron chi connectivity index (χ3n) is 5.20. The Labute approximate surface area is 169 Å². The minimum atomic E-state index is -0.689. The summed E-state index contributed by atoms with van der Waals surface area (Å²) in [7, 11) is 0. The molecule has 0 radical (unpaired) electrons. The van der Waals surface area contributed by atoms with Crippen molar-refractivity contribution in [3.05, 3.63) is 65.9 Å². The Kier molecular flexibility index (Phi) is 5.55. The molecular weight excluding hydrogens is 368 g/mol. The Balaban J connectivity index is 1.40. The maximum Gasteiger partial charge on any atom is 0.309 e. The zero-order valence-corrected chi connectivity index (χ0v) is 16.8. The van der Waals surface area contributed by atoms with Crippen molar-refractivity contribution < 1.29 is 9.90 Å². The lowest BCUT2D eigenvalue weighted by Crippen LogP contribution is -2.49. The lowest BCUT2D eigenvalue weighted by atomic mass is 9.99. The second kappa shape index (κ2) is 8.25. The monoisotopic (exact) mass is 392 g/mol. The lowest BCUT2D eigenvalue weighted by Gasteiger charge is -2.36. The zero-order chi connectivity index (χ0) is 19.5. The van der Waals surface area contributed by atoms with Crippen LogP contribution in [-0.2, 0) is 17.8 Å². The smallest absolute Gasteiger partial charge is 0.309 e. The van der Waals surface area contributed by atoms with Gasteiger partial charge in [-0.05, 0) is 23.1 Å². The average Bonchev–Trinajstić information content (AvgIpc) is 3.15. The van der Waals surface area contributed by atoms with E-state index < -0.39 is 5.97 Å². The molecule has 1 aliphatic heterocycles. The number of nitrogens with zero attached hydrogens (tertiary/aromatic N) is 2. The van der Waals surface area contributed by atoms with E-state index >= 15 is 0 Å². The first-order valence-electron chi connectivity index (χ1n) is 9.72. The summed E-state index contributed by atoms with van der Waals surface area (Å²) >= 11 is 1.71. The SMILES string of the molecule is CCCc1ccc(-c2cnc(-c3ccc(CN4CC(C(=O)O)C4)cc3)s2)cc1. The normalized spacial score (nSPS) is 14.8. The molecule has 4 nitrogen and oxygen atoms in total. The van der Waals surface area contributed by atoms with Gasteiger partial charge in [-0.25, -0.2) is 4.98 Å². The van der Waals surface area contributed by atoms with Crippen molar-refractivity contribution in [2.75, 3.05) is 13.1 Å². The minimum absolute atomic E-state index is 0.205. The highest BCUT2D eigenvalue weighted by atomic mass is 32.1. The summed E-state index contributed by atoms with van der Waals surface area (Å²) in [5.74, 6) is -0.893. The van der Waals surface area contributed by atoms with Crippen LogP contribution in [0.5, 0.6) is 0 Å². The van der Waals surface area contributed by atoms with E-state index in [9.17, 15) is 4.79 Å². The maximum absolute atomic E-state index is 10.9. The van der Waals surface area contributed by atoms with Crippen molar-refractivity contribution in [2.45, 2.75) is 26.3 Å². The summed E-state index contributed by atoms with van der Waals surface area (Å²) in [6, 6.07) is 17.2. The number of likely N-dealkylation sites (tertiary alicyclic amines) is 1. The number of aliphatic carboxylic acids is 1. The van der Waals surface area contributed by atoms with E-state index in [-0.39, 0.29) is 5.92 Å². The first-order chi connectivity index (χ1) is 13.6. The standard InChI is InChI=1S/C23H24N2O2S/c1-2-3-16-4-8-18(9-5-16)21-12-24-22(28-21)19-10-6-17(7-11-19)13-25-14-20(15-25)23(26)27/h4-12,20H,2-3,13-15H2,1H3,(H,26,27). The molecule has 1 aliphatic rings. The number of carbonyl (C=O) groups is 1. The number of carboxylic acid groups (broad SMARTS) is 1. The Hall–Kier alpha value is -2.50. The summed E-state index contributed by atoms with van der Waals surface area (Å²) < 4.78 is 0. The first-order valence-corrected chi connectivity index (χ1v) is 10.5. The molecule has 0 saturated carbocycles. The molecule has 1 aromatic heterocycles. The van der Waals surface area contributed by atoms with E-state index in [2.05, 4.69) is 65.3 Å². The summed E-state index contributed by atoms with van der Waals surface area (Å²) in [4.78, 5) is 18.9. The molecule has 1 saturated heterocycles. The molecule has 28 heavy (non-hydrogen) atoms. The van der Waals surface area contributed by atoms with Crippen molar-refractivity contribution in [2.24, 2.45) is 5.92 Å². The number of aryl methyl sites for hydroxylation is 1. The van der Waals surface area contributed by atoms with Gasteiger partial charge in [0.2, 0.25) is 0 Å². The number of hydrogen-bond donors (Lipinski definition) is 1. The zero-order valence-electron chi connectivity index (χ0n) is 16.0. The van der Waals surface area contributed by atoms with E-state index in [0.29, 0.717) is 13.1 Å². The highest BCUT2D eigenvalue weighted by Crippen LogP contribution is 2.32. The van der Waals surface area contributed by atoms with Gasteiger partial charge in [0, 0.05) is 31.4 Å². The van der Waals surface area contributed by atoms with Gasteiger partial charge in [-0.2, -0.15) is 0 Å². The maximum atomic E-state index is 10.9. The van der Waals surface area contributed by atoms with Crippen LogP contribution >= 0.6 is 11.3 Å². The predicted octanol–water partition coefficient (Wildman–Crippen LogP) is 4.95. The number of rotatable bonds is 7. The van der Waals surface area contributed by atoms with Crippen LogP contribution in [0.15, 0.2) is 54.7 Å². The molecule has 1 fully saturated rings. The van der Waals surface area contributed by atoms with Crippen molar-refractivity contribution in [3.63, 3.8) is 0 Å². The molecule has 144 valence electrons. The number of hydrogen-bond acceptors (Lipinski definition) is 4. The van der Waals surface area contributed by atoms with E-state index in [4.69, 9.17) is 5.11 Å². The number of benzene rings is 2. The molecule has 5 heteroatoms. The number of aromatic nitrogens is 1. The molecule has 0 aliphatic carbocycles. The summed E-state index contributed by atoms with van der Waals surface area (Å²) in [6.45, 7) is 4.29. The fraction of sp³-hybridized carbons (Fsp3) is 0.304. The van der Waals surface area contributed by atoms with Gasteiger partial charge in [0.25, 0.3) is 0 Å². The van der Waals surface area contributed by atoms with Crippen LogP contribution in [0.2, 0.25) is 0 Å². The van der Waals surface area contributed by atoms with Crippen LogP contribution in [0, 0.1) is 5.92 Å². The minimum Gasteiger partial charge on any atom is -0.481 e.